The van der Waals surface area contributed by atoms with Crippen molar-refractivity contribution in [3.63, 3.8) is 0 Å². The normalized spacial score (nSPS) is 18.1. The lowest BCUT2D eigenvalue weighted by Crippen LogP contribution is -2.37. The molecule has 0 amide bonds. The van der Waals surface area contributed by atoms with Crippen molar-refractivity contribution in [1.82, 2.24) is 4.90 Å². The Bertz CT molecular complexity index is 424. The van der Waals surface area contributed by atoms with Crippen LogP contribution in [0.1, 0.15) is 25.0 Å². The predicted octanol–water partition coefficient (Wildman–Crippen LogP) is 2.89. The minimum absolute atomic E-state index is 0.577. The van der Waals surface area contributed by atoms with E-state index in [1.165, 1.54) is 11.1 Å². The van der Waals surface area contributed by atoms with Crippen molar-refractivity contribution in [2.75, 3.05) is 24.6 Å². The zero-order valence-corrected chi connectivity index (χ0v) is 13.4. The van der Waals surface area contributed by atoms with Crippen LogP contribution < -0.4 is 0 Å². The Morgan fingerprint density at radius 1 is 1.26 bits per heavy atom. The number of hydrogen-bond donors (Lipinski definition) is 0. The Hall–Kier alpha value is -0.320. The first kappa shape index (κ1) is 15.1. The van der Waals surface area contributed by atoms with Crippen LogP contribution in [0.2, 0.25) is 0 Å². The monoisotopic (exact) mass is 297 g/mol. The van der Waals surface area contributed by atoms with E-state index in [2.05, 4.69) is 43.0 Å². The van der Waals surface area contributed by atoms with Gasteiger partial charge >= 0.3 is 0 Å². The van der Waals surface area contributed by atoms with Crippen LogP contribution in [0.15, 0.2) is 24.3 Å². The number of benzene rings is 1. The van der Waals surface area contributed by atoms with E-state index in [-0.39, 0.29) is 0 Å². The van der Waals surface area contributed by atoms with Crippen LogP contribution in [0, 0.1) is 0 Å². The lowest BCUT2D eigenvalue weighted by atomic mass is 10.1. The quantitative estimate of drug-likeness (QED) is 0.833. The maximum absolute atomic E-state index is 11.3. The molecule has 0 bridgehead atoms. The van der Waals surface area contributed by atoms with Crippen molar-refractivity contribution in [1.29, 1.82) is 0 Å². The van der Waals surface area contributed by atoms with Crippen molar-refractivity contribution in [3.8, 4) is 0 Å². The molecule has 0 spiro atoms. The van der Waals surface area contributed by atoms with Gasteiger partial charge in [-0.05, 0) is 16.4 Å². The molecule has 1 aliphatic rings. The molecule has 0 saturated carbocycles. The van der Waals surface area contributed by atoms with Crippen LogP contribution >= 0.6 is 11.8 Å². The smallest absolute Gasteiger partial charge is 0.0363 e. The van der Waals surface area contributed by atoms with E-state index in [0.29, 0.717) is 5.25 Å². The second-order valence-corrected chi connectivity index (χ2v) is 8.56. The first-order valence-electron chi connectivity index (χ1n) is 6.90. The van der Waals surface area contributed by atoms with E-state index in [1.807, 2.05) is 11.8 Å². The summed E-state index contributed by atoms with van der Waals surface area (Å²) in [4.78, 5) is 2.41. The van der Waals surface area contributed by atoms with Gasteiger partial charge in [-0.1, -0.05) is 38.1 Å². The highest BCUT2D eigenvalue weighted by Crippen LogP contribution is 2.18. The van der Waals surface area contributed by atoms with Gasteiger partial charge in [-0.25, -0.2) is 0 Å². The summed E-state index contributed by atoms with van der Waals surface area (Å²) < 4.78 is 11.3. The largest absolute Gasteiger partial charge is 0.297 e. The number of rotatable bonds is 5. The van der Waals surface area contributed by atoms with Crippen molar-refractivity contribution in [2.45, 2.75) is 31.4 Å². The Labute approximate surface area is 123 Å². The molecular weight excluding hydrogens is 274 g/mol. The molecule has 0 unspecified atom stereocenters. The first-order chi connectivity index (χ1) is 9.13. The molecule has 106 valence electrons. The van der Waals surface area contributed by atoms with Gasteiger partial charge in [0.05, 0.1) is 0 Å². The summed E-state index contributed by atoms with van der Waals surface area (Å²) in [7, 11) is -0.577. The fourth-order valence-electron chi connectivity index (χ4n) is 2.17. The highest BCUT2D eigenvalue weighted by Gasteiger charge is 2.15. The van der Waals surface area contributed by atoms with Crippen LogP contribution in [0.25, 0.3) is 0 Å². The van der Waals surface area contributed by atoms with E-state index < -0.39 is 10.8 Å². The van der Waals surface area contributed by atoms with Crippen LogP contribution in [0.4, 0.5) is 0 Å². The van der Waals surface area contributed by atoms with Crippen molar-refractivity contribution < 1.29 is 4.21 Å². The zero-order chi connectivity index (χ0) is 13.7. The Balaban J connectivity index is 1.89. The summed E-state index contributed by atoms with van der Waals surface area (Å²) in [5.41, 5.74) is 2.80. The fourth-order valence-corrected chi connectivity index (χ4v) is 4.01. The zero-order valence-electron chi connectivity index (χ0n) is 11.8. The Morgan fingerprint density at radius 3 is 2.63 bits per heavy atom. The molecule has 0 radical (unpaired) electrons. The number of hydrogen-bond acceptors (Lipinski definition) is 3. The van der Waals surface area contributed by atoms with Gasteiger partial charge in [0.25, 0.3) is 0 Å². The first-order valence-corrected chi connectivity index (χ1v) is 9.44. The highest BCUT2D eigenvalue weighted by molar-refractivity contribution is 7.99. The molecule has 2 nitrogen and oxygen atoms in total. The Morgan fingerprint density at radius 2 is 1.95 bits per heavy atom. The van der Waals surface area contributed by atoms with Crippen LogP contribution in [-0.2, 0) is 23.1 Å². The van der Waals surface area contributed by atoms with Gasteiger partial charge in [0.1, 0.15) is 0 Å². The van der Waals surface area contributed by atoms with Gasteiger partial charge < -0.3 is 0 Å². The molecule has 0 aromatic heterocycles. The predicted molar refractivity (Wildman–Crippen MR) is 86.0 cm³/mol. The summed E-state index contributed by atoms with van der Waals surface area (Å²) in [5.74, 6) is 2.77. The summed E-state index contributed by atoms with van der Waals surface area (Å²) >= 11 is 1.99. The number of thioether (sulfide) groups is 1. The minimum Gasteiger partial charge on any atom is -0.297 e. The van der Waals surface area contributed by atoms with Crippen LogP contribution in [-0.4, -0.2) is 39.0 Å². The standard InChI is InChI=1S/C15H23NOS2/c1-13(2)18-12-15-5-3-4-14(10-15)11-16-6-8-19(17)9-7-16/h3-5,10,13H,6-9,11-12H2,1-2H3. The van der Waals surface area contributed by atoms with Crippen molar-refractivity contribution >= 4 is 22.6 Å². The summed E-state index contributed by atoms with van der Waals surface area (Å²) in [5, 5.41) is 0.681. The average Bonchev–Trinajstić information content (AvgIpc) is 2.40. The molecule has 1 saturated heterocycles. The van der Waals surface area contributed by atoms with Gasteiger partial charge in [0, 0.05) is 47.7 Å². The maximum Gasteiger partial charge on any atom is 0.0363 e. The lowest BCUT2D eigenvalue weighted by Gasteiger charge is -2.26. The van der Waals surface area contributed by atoms with Gasteiger partial charge in [-0.2, -0.15) is 11.8 Å². The molecule has 0 aliphatic carbocycles. The third kappa shape index (κ3) is 5.28. The highest BCUT2D eigenvalue weighted by atomic mass is 32.2. The van der Waals surface area contributed by atoms with E-state index in [0.717, 1.165) is 36.9 Å². The molecule has 2 rings (SSSR count). The molecule has 1 aromatic rings. The molecule has 1 fully saturated rings. The van der Waals surface area contributed by atoms with Crippen molar-refractivity contribution in [2.24, 2.45) is 0 Å². The van der Waals surface area contributed by atoms with Crippen molar-refractivity contribution in [3.05, 3.63) is 35.4 Å². The summed E-state index contributed by atoms with van der Waals surface area (Å²) in [6, 6.07) is 8.90. The van der Waals surface area contributed by atoms with E-state index >= 15 is 0 Å². The summed E-state index contributed by atoms with van der Waals surface area (Å²) in [6.45, 7) is 7.41. The number of nitrogens with zero attached hydrogens (tertiary/aromatic N) is 1. The molecule has 0 atom stereocenters. The second-order valence-electron chi connectivity index (χ2n) is 5.30. The molecule has 1 aromatic carbocycles. The van der Waals surface area contributed by atoms with Gasteiger partial charge in [0.15, 0.2) is 0 Å². The molecular formula is C15H23NOS2. The fraction of sp³-hybridized carbons (Fsp3) is 0.600. The molecule has 0 N–H and O–H groups in total. The lowest BCUT2D eigenvalue weighted by molar-refractivity contribution is 0.291. The van der Waals surface area contributed by atoms with Gasteiger partial charge in [-0.15, -0.1) is 0 Å². The third-order valence-corrected chi connectivity index (χ3v) is 5.69. The second kappa shape index (κ2) is 7.46. The van der Waals surface area contributed by atoms with Gasteiger partial charge in [0.2, 0.25) is 0 Å². The van der Waals surface area contributed by atoms with E-state index in [4.69, 9.17) is 0 Å². The Kier molecular flexibility index (Phi) is 5.92. The SMILES string of the molecule is CC(C)SCc1cccc(CN2CCS(=O)CC2)c1. The third-order valence-electron chi connectivity index (χ3n) is 3.25. The molecule has 1 aliphatic heterocycles. The maximum atomic E-state index is 11.3. The van der Waals surface area contributed by atoms with Gasteiger partial charge in [-0.3, -0.25) is 9.11 Å². The molecule has 19 heavy (non-hydrogen) atoms. The summed E-state index contributed by atoms with van der Waals surface area (Å²) in [6.07, 6.45) is 0. The topological polar surface area (TPSA) is 20.3 Å². The van der Waals surface area contributed by atoms with E-state index in [9.17, 15) is 4.21 Å². The molecule has 4 heteroatoms. The average molecular weight is 297 g/mol. The molecule has 1 heterocycles. The van der Waals surface area contributed by atoms with Crippen LogP contribution in [0.5, 0.6) is 0 Å². The van der Waals surface area contributed by atoms with Crippen LogP contribution in [0.3, 0.4) is 0 Å². The van der Waals surface area contributed by atoms with E-state index in [1.54, 1.807) is 0 Å². The minimum atomic E-state index is -0.577.